The van der Waals surface area contributed by atoms with Crippen LogP contribution in [-0.4, -0.2) is 27.9 Å². The van der Waals surface area contributed by atoms with Crippen molar-refractivity contribution in [3.05, 3.63) is 0 Å². The molecule has 0 aliphatic rings. The van der Waals surface area contributed by atoms with Crippen LogP contribution in [0.2, 0.25) is 0 Å². The number of aliphatic hydroxyl groups excluding tert-OH is 1. The third-order valence-corrected chi connectivity index (χ3v) is 1.99. The first kappa shape index (κ1) is 9.49. The molecular formula is C4H7O5P. The second-order valence-electron chi connectivity index (χ2n) is 1.81. The maximum atomic E-state index is 10.1. The van der Waals surface area contributed by atoms with Gasteiger partial charge in [0, 0.05) is 0 Å². The molecule has 0 saturated heterocycles. The third kappa shape index (κ3) is 2.39. The highest BCUT2D eigenvalue weighted by atomic mass is 31.1. The van der Waals surface area contributed by atoms with Gasteiger partial charge in [-0.25, -0.2) is 4.79 Å². The number of carbonyl (C=O) groups is 1. The molecule has 10 heavy (non-hydrogen) atoms. The largest absolute Gasteiger partial charge is 0.595 e. The molecule has 0 rings (SSSR count). The van der Waals surface area contributed by atoms with Gasteiger partial charge in [0.2, 0.25) is 0 Å². The summed E-state index contributed by atoms with van der Waals surface area (Å²) in [7, 11) is -2.86. The minimum Gasteiger partial charge on any atom is -0.595 e. The minimum absolute atomic E-state index is 1.13. The summed E-state index contributed by atoms with van der Waals surface area (Å²) in [6, 6.07) is 0. The number of aliphatic carboxylic acids is 1. The van der Waals surface area contributed by atoms with E-state index in [4.69, 9.17) is 10.2 Å². The summed E-state index contributed by atoms with van der Waals surface area (Å²) in [5.74, 6) is -1.52. The molecule has 3 atom stereocenters. The quantitative estimate of drug-likeness (QED) is 0.520. The molecule has 5 nitrogen and oxygen atoms in total. The average Bonchev–Trinajstić information content (AvgIpc) is 1.84. The van der Waals surface area contributed by atoms with Crippen molar-refractivity contribution in [2.75, 3.05) is 0 Å². The number of rotatable bonds is 3. The molecule has 0 amide bonds. The van der Waals surface area contributed by atoms with E-state index < -0.39 is 25.8 Å². The van der Waals surface area contributed by atoms with E-state index in [0.29, 0.717) is 0 Å². The summed E-state index contributed by atoms with van der Waals surface area (Å²) in [6.45, 7) is 1.13. The number of carboxylic acid groups (broad SMARTS) is 1. The fourth-order valence-electron chi connectivity index (χ4n) is 0.322. The predicted molar refractivity (Wildman–Crippen MR) is 30.7 cm³/mol. The molecule has 0 saturated carbocycles. The summed E-state index contributed by atoms with van der Waals surface area (Å²) < 4.78 is 10.1. The Hall–Kier alpha value is -0.510. The Morgan fingerprint density at radius 3 is 2.20 bits per heavy atom. The Bertz CT molecular complexity index is 138. The molecule has 0 aromatic carbocycles. The zero-order valence-electron chi connectivity index (χ0n) is 5.22. The van der Waals surface area contributed by atoms with E-state index in [-0.39, 0.29) is 0 Å². The van der Waals surface area contributed by atoms with Gasteiger partial charge >= 0.3 is 14.0 Å². The summed E-state index contributed by atoms with van der Waals surface area (Å²) in [5, 5.41) is 16.7. The van der Waals surface area contributed by atoms with Gasteiger partial charge in [0.05, 0.1) is 0 Å². The maximum absolute atomic E-state index is 10.1. The van der Waals surface area contributed by atoms with Gasteiger partial charge in [0.25, 0.3) is 0 Å². The first-order valence-corrected chi connectivity index (χ1v) is 3.76. The van der Waals surface area contributed by atoms with Crippen molar-refractivity contribution in [2.45, 2.75) is 18.7 Å². The fraction of sp³-hybridized carbons (Fsp3) is 0.750. The van der Waals surface area contributed by atoms with Crippen LogP contribution in [0.25, 0.3) is 0 Å². The molecule has 0 spiro atoms. The first-order chi connectivity index (χ1) is 4.46. The molecule has 0 radical (unpaired) electrons. The molecule has 0 aliphatic heterocycles. The van der Waals surface area contributed by atoms with E-state index in [1.807, 2.05) is 0 Å². The van der Waals surface area contributed by atoms with Crippen LogP contribution < -0.4 is 4.89 Å². The average molecular weight is 166 g/mol. The minimum atomic E-state index is -2.86. The van der Waals surface area contributed by atoms with Crippen LogP contribution >= 0.6 is 8.03 Å². The van der Waals surface area contributed by atoms with Crippen molar-refractivity contribution in [3.63, 3.8) is 0 Å². The fourth-order valence-corrected chi connectivity index (χ4v) is 0.680. The van der Waals surface area contributed by atoms with Crippen LogP contribution in [0.15, 0.2) is 0 Å². The summed E-state index contributed by atoms with van der Waals surface area (Å²) in [5.41, 5.74) is -1.23. The lowest BCUT2D eigenvalue weighted by Crippen LogP contribution is -2.30. The SMILES string of the molecule is CC(C(O)C(=O)O)[P+](=O)[O-]. The van der Waals surface area contributed by atoms with E-state index in [1.54, 1.807) is 0 Å². The van der Waals surface area contributed by atoms with E-state index in [9.17, 15) is 14.3 Å². The van der Waals surface area contributed by atoms with Crippen LogP contribution in [0.3, 0.4) is 0 Å². The Labute approximate surface area is 58.2 Å². The van der Waals surface area contributed by atoms with Crippen LogP contribution in [0, 0.1) is 0 Å². The first-order valence-electron chi connectivity index (χ1n) is 2.51. The van der Waals surface area contributed by atoms with Crippen LogP contribution in [0.5, 0.6) is 0 Å². The van der Waals surface area contributed by atoms with Crippen molar-refractivity contribution in [1.82, 2.24) is 0 Å². The predicted octanol–water partition coefficient (Wildman–Crippen LogP) is -1.08. The molecule has 0 aromatic rings. The van der Waals surface area contributed by atoms with Gasteiger partial charge in [0.15, 0.2) is 11.8 Å². The van der Waals surface area contributed by atoms with Gasteiger partial charge in [-0.05, 0) is 6.92 Å². The molecule has 58 valence electrons. The topological polar surface area (TPSA) is 97.7 Å². The van der Waals surface area contributed by atoms with Crippen LogP contribution in [0.1, 0.15) is 6.92 Å². The van der Waals surface area contributed by atoms with Crippen molar-refractivity contribution in [3.8, 4) is 0 Å². The third-order valence-electron chi connectivity index (χ3n) is 1.04. The normalized spacial score (nSPS) is 17.7. The smallest absolute Gasteiger partial charge is 0.337 e. The Kier molecular flexibility index (Phi) is 3.42. The number of hydrogen-bond donors (Lipinski definition) is 2. The van der Waals surface area contributed by atoms with Gasteiger partial charge < -0.3 is 15.1 Å². The monoisotopic (exact) mass is 166 g/mol. The molecule has 0 aromatic heterocycles. The second kappa shape index (κ2) is 3.61. The van der Waals surface area contributed by atoms with E-state index in [2.05, 4.69) is 0 Å². The Morgan fingerprint density at radius 1 is 1.70 bits per heavy atom. The molecule has 0 heterocycles. The van der Waals surface area contributed by atoms with Gasteiger partial charge in [-0.2, -0.15) is 0 Å². The van der Waals surface area contributed by atoms with Gasteiger partial charge in [-0.15, -0.1) is 0 Å². The van der Waals surface area contributed by atoms with Crippen molar-refractivity contribution in [1.29, 1.82) is 0 Å². The molecule has 3 unspecified atom stereocenters. The Balaban J connectivity index is 4.07. The lowest BCUT2D eigenvalue weighted by Gasteiger charge is -2.05. The molecule has 0 bridgehead atoms. The zero-order valence-corrected chi connectivity index (χ0v) is 6.12. The number of aliphatic hydroxyl groups is 1. The van der Waals surface area contributed by atoms with Crippen molar-refractivity contribution in [2.24, 2.45) is 0 Å². The molecule has 0 fully saturated rings. The highest BCUT2D eigenvalue weighted by Crippen LogP contribution is 2.20. The van der Waals surface area contributed by atoms with E-state index in [0.717, 1.165) is 6.92 Å². The van der Waals surface area contributed by atoms with E-state index >= 15 is 0 Å². The van der Waals surface area contributed by atoms with Crippen LogP contribution in [-0.2, 0) is 9.36 Å². The number of hydrogen-bond acceptors (Lipinski definition) is 4. The van der Waals surface area contributed by atoms with Gasteiger partial charge in [-0.3, -0.25) is 0 Å². The molecule has 6 heteroatoms. The second-order valence-corrected chi connectivity index (χ2v) is 3.19. The summed E-state index contributed by atoms with van der Waals surface area (Å²) >= 11 is 0. The van der Waals surface area contributed by atoms with Crippen molar-refractivity contribution < 1.29 is 24.5 Å². The standard InChI is InChI=1S/C4H7O5P/c1-2(10(8)9)3(5)4(6)7/h2-3,5H,1H3,(H,6,7). The van der Waals surface area contributed by atoms with Gasteiger partial charge in [0.1, 0.15) is 0 Å². The highest BCUT2D eigenvalue weighted by Gasteiger charge is 2.30. The maximum Gasteiger partial charge on any atom is 0.337 e. The van der Waals surface area contributed by atoms with Gasteiger partial charge in [-0.1, -0.05) is 4.57 Å². The molecule has 0 aliphatic carbocycles. The van der Waals surface area contributed by atoms with Crippen LogP contribution in [0.4, 0.5) is 0 Å². The van der Waals surface area contributed by atoms with E-state index in [1.165, 1.54) is 0 Å². The zero-order chi connectivity index (χ0) is 8.31. The van der Waals surface area contributed by atoms with Crippen molar-refractivity contribution >= 4 is 14.0 Å². The summed E-state index contributed by atoms with van der Waals surface area (Å²) in [6.07, 6.45) is -1.82. The molecular weight excluding hydrogens is 159 g/mol. The summed E-state index contributed by atoms with van der Waals surface area (Å²) in [4.78, 5) is 20.0. The lowest BCUT2D eigenvalue weighted by atomic mass is 10.3. The Morgan fingerprint density at radius 2 is 2.10 bits per heavy atom. The number of carboxylic acids is 1. The molecule has 2 N–H and O–H groups in total. The lowest BCUT2D eigenvalue weighted by molar-refractivity contribution is -0.170. The highest BCUT2D eigenvalue weighted by molar-refractivity contribution is 7.37.